The van der Waals surface area contributed by atoms with Gasteiger partial charge in [0.05, 0.1) is 28.9 Å². The summed E-state index contributed by atoms with van der Waals surface area (Å²) in [6.07, 6.45) is 6.07. The van der Waals surface area contributed by atoms with Gasteiger partial charge in [0.15, 0.2) is 11.5 Å². The normalized spacial score (nSPS) is 11.9. The number of benzene rings is 2. The molecular formula is C28H23N9O3. The summed E-state index contributed by atoms with van der Waals surface area (Å²) in [6, 6.07) is 17.1. The number of para-hydroxylation sites is 1. The molecule has 6 rings (SSSR count). The predicted octanol–water partition coefficient (Wildman–Crippen LogP) is 3.08. The van der Waals surface area contributed by atoms with Crippen LogP contribution < -0.4 is 21.9 Å². The van der Waals surface area contributed by atoms with Crippen LogP contribution in [-0.2, 0) is 0 Å². The summed E-state index contributed by atoms with van der Waals surface area (Å²) in [5.74, 6) is -0.844. The van der Waals surface area contributed by atoms with E-state index in [1.54, 1.807) is 55.7 Å². The van der Waals surface area contributed by atoms with Crippen LogP contribution in [0.5, 0.6) is 0 Å². The molecule has 0 spiro atoms. The molecule has 0 fully saturated rings. The molecule has 5 N–H and O–H groups in total. The summed E-state index contributed by atoms with van der Waals surface area (Å²) in [5, 5.41) is 17.3. The third-order valence-corrected chi connectivity index (χ3v) is 6.54. The monoisotopic (exact) mass is 533 g/mol. The molecule has 0 bridgehead atoms. The van der Waals surface area contributed by atoms with Gasteiger partial charge in [-0.2, -0.15) is 5.10 Å². The standard InChI is InChI=1S/C28H23N9O3/c1-16(33-27(39)23-24(29)35-36-12-6-11-30-25(23)36)21-13-17-7-5-10-20(34-26(38)18-14-31-32-15-18)22(17)28(40)37(21)19-8-3-2-4-9-19/h2-16H,1H3,(H2,29,35)(H,31,32)(H,33,39)(H,34,38)/t16-/m0/s1. The van der Waals surface area contributed by atoms with Gasteiger partial charge in [-0.3, -0.25) is 24.0 Å². The van der Waals surface area contributed by atoms with Crippen LogP contribution in [0.3, 0.4) is 0 Å². The number of nitrogen functional groups attached to an aromatic ring is 1. The highest BCUT2D eigenvalue weighted by Gasteiger charge is 2.24. The molecule has 0 saturated heterocycles. The molecule has 0 aliphatic rings. The lowest BCUT2D eigenvalue weighted by atomic mass is 10.1. The number of aromatic nitrogens is 6. The molecule has 1 atom stereocenters. The van der Waals surface area contributed by atoms with Gasteiger partial charge in [0, 0.05) is 30.0 Å². The van der Waals surface area contributed by atoms with Gasteiger partial charge < -0.3 is 16.4 Å². The van der Waals surface area contributed by atoms with Gasteiger partial charge in [-0.05, 0) is 42.6 Å². The number of nitrogens with two attached hydrogens (primary N) is 1. The average Bonchev–Trinajstić information content (AvgIpc) is 3.61. The Kier molecular flexibility index (Phi) is 6.04. The van der Waals surface area contributed by atoms with Crippen LogP contribution >= 0.6 is 0 Å². The number of carbonyl (C=O) groups is 2. The Hall–Kier alpha value is -5.78. The number of H-pyrrole nitrogens is 1. The minimum Gasteiger partial charge on any atom is -0.381 e. The van der Waals surface area contributed by atoms with Gasteiger partial charge in [-0.15, -0.1) is 5.10 Å². The number of nitrogens with one attached hydrogen (secondary N) is 3. The van der Waals surface area contributed by atoms with E-state index in [-0.39, 0.29) is 16.9 Å². The second-order valence-corrected chi connectivity index (χ2v) is 9.10. The minimum absolute atomic E-state index is 0.0420. The van der Waals surface area contributed by atoms with E-state index in [0.29, 0.717) is 39.1 Å². The first kappa shape index (κ1) is 24.6. The fourth-order valence-corrected chi connectivity index (χ4v) is 4.68. The highest BCUT2D eigenvalue weighted by atomic mass is 16.2. The SMILES string of the molecule is C[C@H](NC(=O)c1c(N)nn2cccnc12)c1cc2cccc(NC(=O)c3cn[nH]c3)c2c(=O)n1-c1ccccc1. The number of nitrogens with zero attached hydrogens (tertiary/aromatic N) is 5. The fourth-order valence-electron chi connectivity index (χ4n) is 4.68. The van der Waals surface area contributed by atoms with Crippen molar-refractivity contribution in [2.75, 3.05) is 11.1 Å². The summed E-state index contributed by atoms with van der Waals surface area (Å²) >= 11 is 0. The molecule has 0 aliphatic heterocycles. The fraction of sp³-hybridized carbons (Fsp3) is 0.0714. The number of pyridine rings is 1. The van der Waals surface area contributed by atoms with Crippen molar-refractivity contribution in [3.8, 4) is 5.69 Å². The van der Waals surface area contributed by atoms with Crippen molar-refractivity contribution in [2.45, 2.75) is 13.0 Å². The quantitative estimate of drug-likeness (QED) is 0.255. The highest BCUT2D eigenvalue weighted by molar-refractivity contribution is 6.09. The Morgan fingerprint density at radius 1 is 1.05 bits per heavy atom. The summed E-state index contributed by atoms with van der Waals surface area (Å²) in [7, 11) is 0. The number of hydrogen-bond acceptors (Lipinski definition) is 7. The van der Waals surface area contributed by atoms with Crippen molar-refractivity contribution in [3.63, 3.8) is 0 Å². The Bertz CT molecular complexity index is 1940. The molecule has 6 aromatic rings. The van der Waals surface area contributed by atoms with Crippen LogP contribution in [0, 0.1) is 0 Å². The first-order valence-electron chi connectivity index (χ1n) is 12.4. The van der Waals surface area contributed by atoms with Gasteiger partial charge in [-0.1, -0.05) is 30.3 Å². The number of fused-ring (bicyclic) bond motifs is 2. The molecule has 40 heavy (non-hydrogen) atoms. The third-order valence-electron chi connectivity index (χ3n) is 6.54. The molecule has 0 unspecified atom stereocenters. The number of rotatable bonds is 6. The lowest BCUT2D eigenvalue weighted by Gasteiger charge is -2.21. The number of aromatic amines is 1. The Morgan fingerprint density at radius 3 is 2.65 bits per heavy atom. The summed E-state index contributed by atoms with van der Waals surface area (Å²) in [5.41, 5.74) is 7.96. The maximum atomic E-state index is 14.1. The number of amides is 2. The lowest BCUT2D eigenvalue weighted by molar-refractivity contribution is 0.0940. The van der Waals surface area contributed by atoms with Gasteiger partial charge in [0.1, 0.15) is 5.56 Å². The molecule has 0 radical (unpaired) electrons. The van der Waals surface area contributed by atoms with Gasteiger partial charge in [-0.25, -0.2) is 9.50 Å². The molecule has 4 aromatic heterocycles. The van der Waals surface area contributed by atoms with Crippen LogP contribution in [0.25, 0.3) is 22.1 Å². The Balaban J connectivity index is 1.46. The molecule has 0 aliphatic carbocycles. The van der Waals surface area contributed by atoms with Crippen molar-refractivity contribution in [3.05, 3.63) is 113 Å². The highest BCUT2D eigenvalue weighted by Crippen LogP contribution is 2.27. The number of anilines is 2. The predicted molar refractivity (Wildman–Crippen MR) is 149 cm³/mol. The van der Waals surface area contributed by atoms with E-state index in [0.717, 1.165) is 0 Å². The maximum absolute atomic E-state index is 14.1. The molecule has 12 nitrogen and oxygen atoms in total. The van der Waals surface area contributed by atoms with Crippen LogP contribution in [0.4, 0.5) is 11.5 Å². The van der Waals surface area contributed by atoms with Gasteiger partial charge in [0.2, 0.25) is 0 Å². The van der Waals surface area contributed by atoms with Crippen LogP contribution in [0.15, 0.2) is 90.2 Å². The van der Waals surface area contributed by atoms with Crippen LogP contribution in [0.1, 0.15) is 39.4 Å². The zero-order valence-corrected chi connectivity index (χ0v) is 21.2. The lowest BCUT2D eigenvalue weighted by Crippen LogP contribution is -2.32. The molecule has 12 heteroatoms. The number of carbonyl (C=O) groups excluding carboxylic acids is 2. The smallest absolute Gasteiger partial charge is 0.265 e. The van der Waals surface area contributed by atoms with E-state index in [1.807, 2.05) is 24.3 Å². The summed E-state index contributed by atoms with van der Waals surface area (Å²) < 4.78 is 2.96. The first-order valence-corrected chi connectivity index (χ1v) is 12.4. The largest absolute Gasteiger partial charge is 0.381 e. The van der Waals surface area contributed by atoms with Crippen molar-refractivity contribution < 1.29 is 9.59 Å². The maximum Gasteiger partial charge on any atom is 0.265 e. The zero-order chi connectivity index (χ0) is 27.8. The van der Waals surface area contributed by atoms with E-state index in [2.05, 4.69) is 30.9 Å². The average molecular weight is 534 g/mol. The molecule has 2 aromatic carbocycles. The second kappa shape index (κ2) is 9.83. The molecule has 4 heterocycles. The molecule has 0 saturated carbocycles. The second-order valence-electron chi connectivity index (χ2n) is 9.10. The Morgan fingerprint density at radius 2 is 1.88 bits per heavy atom. The molecular weight excluding hydrogens is 510 g/mol. The zero-order valence-electron chi connectivity index (χ0n) is 21.2. The van der Waals surface area contributed by atoms with Crippen molar-refractivity contribution in [2.24, 2.45) is 0 Å². The van der Waals surface area contributed by atoms with E-state index in [4.69, 9.17) is 5.73 Å². The Labute approximate surface area is 226 Å². The topological polar surface area (TPSA) is 165 Å². The summed E-state index contributed by atoms with van der Waals surface area (Å²) in [6.45, 7) is 1.78. The van der Waals surface area contributed by atoms with E-state index >= 15 is 0 Å². The van der Waals surface area contributed by atoms with E-state index in [9.17, 15) is 14.4 Å². The van der Waals surface area contributed by atoms with Crippen LogP contribution in [0.2, 0.25) is 0 Å². The number of hydrogen-bond donors (Lipinski definition) is 4. The van der Waals surface area contributed by atoms with E-state index < -0.39 is 17.9 Å². The third kappa shape index (κ3) is 4.22. The van der Waals surface area contributed by atoms with E-state index in [1.165, 1.54) is 21.5 Å². The molecule has 2 amide bonds. The van der Waals surface area contributed by atoms with Crippen molar-refractivity contribution >= 4 is 39.7 Å². The van der Waals surface area contributed by atoms with Crippen molar-refractivity contribution in [1.29, 1.82) is 0 Å². The van der Waals surface area contributed by atoms with Gasteiger partial charge in [0.25, 0.3) is 17.4 Å². The van der Waals surface area contributed by atoms with Crippen molar-refractivity contribution in [1.82, 2.24) is 34.7 Å². The van der Waals surface area contributed by atoms with Crippen LogP contribution in [-0.4, -0.2) is 41.2 Å². The first-order chi connectivity index (χ1) is 19.4. The minimum atomic E-state index is -0.632. The van der Waals surface area contributed by atoms with Gasteiger partial charge >= 0.3 is 0 Å². The summed E-state index contributed by atoms with van der Waals surface area (Å²) in [4.78, 5) is 44.5. The molecule has 198 valence electrons.